The van der Waals surface area contributed by atoms with E-state index in [1.165, 1.54) is 32.1 Å². The Hall–Kier alpha value is -1.84. The largest absolute Gasteiger partial charge is 0.326 e. The van der Waals surface area contributed by atoms with E-state index in [4.69, 9.17) is 0 Å². The fourth-order valence-electron chi connectivity index (χ4n) is 4.00. The van der Waals surface area contributed by atoms with Gasteiger partial charge in [0.25, 0.3) is 0 Å². The number of likely N-dealkylation sites (N-methyl/N-ethyl adjacent to an activating group) is 1. The Morgan fingerprint density at radius 1 is 1.25 bits per heavy atom. The first-order valence-electron chi connectivity index (χ1n) is 9.28. The number of nitrogens with zero attached hydrogens (tertiary/aromatic N) is 1. The normalized spacial score (nSPS) is 23.2. The molecule has 1 aliphatic heterocycles. The molecule has 0 aromatic heterocycles. The van der Waals surface area contributed by atoms with Gasteiger partial charge < -0.3 is 10.2 Å². The van der Waals surface area contributed by atoms with Crippen molar-refractivity contribution in [2.75, 3.05) is 17.3 Å². The number of hydrogen-bond acceptors (Lipinski definition) is 2. The van der Waals surface area contributed by atoms with Crippen LogP contribution in [-0.2, 0) is 16.0 Å². The average molecular weight is 328 g/mol. The van der Waals surface area contributed by atoms with Crippen molar-refractivity contribution < 1.29 is 9.59 Å². The smallest absolute Gasteiger partial charge is 0.231 e. The molecule has 0 saturated heterocycles. The van der Waals surface area contributed by atoms with E-state index in [0.717, 1.165) is 35.7 Å². The van der Waals surface area contributed by atoms with E-state index in [9.17, 15) is 9.59 Å². The van der Waals surface area contributed by atoms with Crippen LogP contribution >= 0.6 is 0 Å². The van der Waals surface area contributed by atoms with Gasteiger partial charge in [0, 0.05) is 24.3 Å². The van der Waals surface area contributed by atoms with Crippen LogP contribution in [0.4, 0.5) is 11.4 Å². The molecule has 1 heterocycles. The van der Waals surface area contributed by atoms with Crippen molar-refractivity contribution in [2.24, 2.45) is 11.8 Å². The third-order valence-electron chi connectivity index (χ3n) is 5.61. The Kier molecular flexibility index (Phi) is 5.22. The molecule has 3 rings (SSSR count). The van der Waals surface area contributed by atoms with Crippen LogP contribution in [0.25, 0.3) is 0 Å². The summed E-state index contributed by atoms with van der Waals surface area (Å²) < 4.78 is 0. The first kappa shape index (κ1) is 17.0. The molecule has 2 amide bonds. The summed E-state index contributed by atoms with van der Waals surface area (Å²) in [4.78, 5) is 26.0. The lowest BCUT2D eigenvalue weighted by Gasteiger charge is -2.27. The molecule has 0 unspecified atom stereocenters. The molecule has 4 heteroatoms. The highest BCUT2D eigenvalue weighted by atomic mass is 16.2. The Morgan fingerprint density at radius 2 is 2.00 bits per heavy atom. The number of nitrogens with one attached hydrogen (secondary N) is 1. The van der Waals surface area contributed by atoms with E-state index in [-0.39, 0.29) is 17.7 Å². The summed E-state index contributed by atoms with van der Waals surface area (Å²) in [7, 11) is 1.80. The molecule has 1 N–H and O–H groups in total. The average Bonchev–Trinajstić information content (AvgIpc) is 2.87. The molecule has 1 aromatic carbocycles. The Labute approximate surface area is 144 Å². The maximum atomic E-state index is 12.5. The van der Waals surface area contributed by atoms with Crippen LogP contribution in [0.3, 0.4) is 0 Å². The van der Waals surface area contributed by atoms with Gasteiger partial charge in [-0.15, -0.1) is 0 Å². The lowest BCUT2D eigenvalue weighted by molar-refractivity contribution is -0.121. The number of carbonyl (C=O) groups excluding carboxylic acids is 2. The SMILES string of the molecule is CCCCC1CCC(C(=O)Nc2ccc3c(c2)CC(=O)N3C)CC1. The van der Waals surface area contributed by atoms with Gasteiger partial charge >= 0.3 is 0 Å². The highest BCUT2D eigenvalue weighted by Crippen LogP contribution is 2.33. The lowest BCUT2D eigenvalue weighted by Crippen LogP contribution is -2.27. The molecule has 1 fully saturated rings. The van der Waals surface area contributed by atoms with Gasteiger partial charge in [-0.05, 0) is 55.4 Å². The van der Waals surface area contributed by atoms with E-state index >= 15 is 0 Å². The molecule has 4 nitrogen and oxygen atoms in total. The van der Waals surface area contributed by atoms with Crippen LogP contribution in [0, 0.1) is 11.8 Å². The van der Waals surface area contributed by atoms with Crippen LogP contribution < -0.4 is 10.2 Å². The number of fused-ring (bicyclic) bond motifs is 1. The molecular formula is C20H28N2O2. The van der Waals surface area contributed by atoms with E-state index in [0.29, 0.717) is 6.42 Å². The van der Waals surface area contributed by atoms with Crippen molar-refractivity contribution in [3.8, 4) is 0 Å². The molecule has 2 aliphatic rings. The van der Waals surface area contributed by atoms with Crippen LogP contribution in [-0.4, -0.2) is 18.9 Å². The fourth-order valence-corrected chi connectivity index (χ4v) is 4.00. The fraction of sp³-hybridized carbons (Fsp3) is 0.600. The van der Waals surface area contributed by atoms with Crippen LogP contribution in [0.2, 0.25) is 0 Å². The summed E-state index contributed by atoms with van der Waals surface area (Å²) in [5.74, 6) is 1.21. The monoisotopic (exact) mass is 328 g/mol. The number of anilines is 2. The van der Waals surface area contributed by atoms with Crippen molar-refractivity contribution in [3.05, 3.63) is 23.8 Å². The van der Waals surface area contributed by atoms with Crippen molar-refractivity contribution in [3.63, 3.8) is 0 Å². The van der Waals surface area contributed by atoms with Gasteiger partial charge in [-0.2, -0.15) is 0 Å². The molecule has 0 radical (unpaired) electrons. The zero-order valence-electron chi connectivity index (χ0n) is 14.8. The second kappa shape index (κ2) is 7.37. The number of hydrogen-bond donors (Lipinski definition) is 1. The number of rotatable bonds is 5. The van der Waals surface area contributed by atoms with Crippen LogP contribution in [0.1, 0.15) is 57.4 Å². The Morgan fingerprint density at radius 3 is 2.71 bits per heavy atom. The molecule has 1 aliphatic carbocycles. The maximum absolute atomic E-state index is 12.5. The van der Waals surface area contributed by atoms with E-state index in [1.54, 1.807) is 11.9 Å². The summed E-state index contributed by atoms with van der Waals surface area (Å²) in [6, 6.07) is 5.78. The standard InChI is InChI=1S/C20H28N2O2/c1-3-4-5-14-6-8-15(9-7-14)20(24)21-17-10-11-18-16(12-17)13-19(23)22(18)2/h10-12,14-15H,3-9,13H2,1-2H3,(H,21,24). The number of amides is 2. The zero-order valence-corrected chi connectivity index (χ0v) is 14.8. The zero-order chi connectivity index (χ0) is 17.1. The molecule has 1 saturated carbocycles. The molecule has 0 spiro atoms. The number of unbranched alkanes of at least 4 members (excludes halogenated alkanes) is 1. The lowest BCUT2D eigenvalue weighted by atomic mass is 9.79. The number of carbonyl (C=O) groups is 2. The molecule has 24 heavy (non-hydrogen) atoms. The third-order valence-corrected chi connectivity index (χ3v) is 5.61. The molecule has 0 bridgehead atoms. The van der Waals surface area contributed by atoms with Crippen LogP contribution in [0.5, 0.6) is 0 Å². The molecule has 130 valence electrons. The summed E-state index contributed by atoms with van der Waals surface area (Å²) >= 11 is 0. The second-order valence-corrected chi connectivity index (χ2v) is 7.32. The Balaban J connectivity index is 1.55. The Bertz CT molecular complexity index is 618. The van der Waals surface area contributed by atoms with Gasteiger partial charge in [0.15, 0.2) is 0 Å². The summed E-state index contributed by atoms with van der Waals surface area (Å²) in [5.41, 5.74) is 2.77. The third kappa shape index (κ3) is 3.63. The predicted octanol–water partition coefficient (Wildman–Crippen LogP) is 4.14. The number of benzene rings is 1. The summed E-state index contributed by atoms with van der Waals surface area (Å²) in [6.07, 6.45) is 8.69. The molecule has 1 aromatic rings. The van der Waals surface area contributed by atoms with Gasteiger partial charge in [0.1, 0.15) is 0 Å². The topological polar surface area (TPSA) is 49.4 Å². The van der Waals surface area contributed by atoms with Crippen LogP contribution in [0.15, 0.2) is 18.2 Å². The van der Waals surface area contributed by atoms with Gasteiger partial charge in [-0.1, -0.05) is 26.2 Å². The minimum atomic E-state index is 0.110. The van der Waals surface area contributed by atoms with E-state index in [2.05, 4.69) is 12.2 Å². The highest BCUT2D eigenvalue weighted by molar-refractivity contribution is 6.02. The quantitative estimate of drug-likeness (QED) is 0.883. The van der Waals surface area contributed by atoms with Gasteiger partial charge in [-0.3, -0.25) is 9.59 Å². The van der Waals surface area contributed by atoms with E-state index < -0.39 is 0 Å². The van der Waals surface area contributed by atoms with Crippen molar-refractivity contribution >= 4 is 23.2 Å². The summed E-state index contributed by atoms with van der Waals surface area (Å²) in [5, 5.41) is 3.06. The molecule has 0 atom stereocenters. The minimum absolute atomic E-state index is 0.110. The molecular weight excluding hydrogens is 300 g/mol. The first-order chi connectivity index (χ1) is 11.6. The maximum Gasteiger partial charge on any atom is 0.231 e. The van der Waals surface area contributed by atoms with Gasteiger partial charge in [-0.25, -0.2) is 0 Å². The van der Waals surface area contributed by atoms with Gasteiger partial charge in [0.2, 0.25) is 11.8 Å². The van der Waals surface area contributed by atoms with Crippen molar-refractivity contribution in [2.45, 2.75) is 58.3 Å². The second-order valence-electron chi connectivity index (χ2n) is 7.32. The highest BCUT2D eigenvalue weighted by Gasteiger charge is 2.27. The predicted molar refractivity (Wildman–Crippen MR) is 97.2 cm³/mol. The first-order valence-corrected chi connectivity index (χ1v) is 9.28. The minimum Gasteiger partial charge on any atom is -0.326 e. The summed E-state index contributed by atoms with van der Waals surface area (Å²) in [6.45, 7) is 2.24. The van der Waals surface area contributed by atoms with Gasteiger partial charge in [0.05, 0.1) is 6.42 Å². The van der Waals surface area contributed by atoms with E-state index in [1.807, 2.05) is 18.2 Å². The van der Waals surface area contributed by atoms with Crippen molar-refractivity contribution in [1.82, 2.24) is 0 Å². The van der Waals surface area contributed by atoms with Crippen molar-refractivity contribution in [1.29, 1.82) is 0 Å².